The molecule has 4 heteroatoms. The van der Waals surface area contributed by atoms with E-state index in [-0.39, 0.29) is 11.4 Å². The lowest BCUT2D eigenvalue weighted by Crippen LogP contribution is -2.37. The summed E-state index contributed by atoms with van der Waals surface area (Å²) in [6.45, 7) is 1.83. The Hall–Kier alpha value is -1.29. The van der Waals surface area contributed by atoms with Gasteiger partial charge in [0, 0.05) is 18.7 Å². The second-order valence-corrected chi connectivity index (χ2v) is 4.41. The van der Waals surface area contributed by atoms with Crippen molar-refractivity contribution < 1.29 is 5.11 Å². The Balaban J connectivity index is 3.61. The lowest BCUT2D eigenvalue weighted by Gasteiger charge is -2.26. The predicted molar refractivity (Wildman–Crippen MR) is 57.7 cm³/mol. The molecular weight excluding hydrogens is 180 g/mol. The number of aromatic nitrogens is 1. The molecule has 1 N–H and O–H groups in total. The molecule has 0 aliphatic rings. The summed E-state index contributed by atoms with van der Waals surface area (Å²) in [7, 11) is 7.42. The topological polar surface area (TPSA) is 42.2 Å². The summed E-state index contributed by atoms with van der Waals surface area (Å²) in [4.78, 5) is 11.3. The van der Waals surface area contributed by atoms with E-state index in [1.807, 2.05) is 28.1 Å². The lowest BCUT2D eigenvalue weighted by atomic mass is 10.2. The highest BCUT2D eigenvalue weighted by Gasteiger charge is 2.23. The Bertz CT molecular complexity index is 413. The third-order valence-electron chi connectivity index (χ3n) is 2.24. The number of rotatable bonds is 1. The zero-order chi connectivity index (χ0) is 11.1. The monoisotopic (exact) mass is 197 g/mol. The van der Waals surface area contributed by atoms with Crippen molar-refractivity contribution in [2.75, 3.05) is 21.1 Å². The van der Waals surface area contributed by atoms with Crippen LogP contribution in [0, 0.1) is 6.92 Å². The molecule has 0 aliphatic carbocycles. The van der Waals surface area contributed by atoms with E-state index in [1.165, 1.54) is 4.57 Å². The molecule has 4 nitrogen and oxygen atoms in total. The highest BCUT2D eigenvalue weighted by atomic mass is 16.3. The summed E-state index contributed by atoms with van der Waals surface area (Å²) < 4.78 is 1.75. The number of pyridine rings is 1. The van der Waals surface area contributed by atoms with Crippen molar-refractivity contribution in [1.29, 1.82) is 0 Å². The van der Waals surface area contributed by atoms with Crippen molar-refractivity contribution in [2.45, 2.75) is 6.92 Å². The van der Waals surface area contributed by atoms with Crippen molar-refractivity contribution >= 4 is 5.69 Å². The predicted octanol–water partition coefficient (Wildman–Crippen LogP) is 0.596. The van der Waals surface area contributed by atoms with Gasteiger partial charge in [0.25, 0.3) is 11.4 Å². The number of aryl methyl sites for hydroxylation is 1. The molecule has 0 aromatic carbocycles. The molecule has 1 rings (SSSR count). The SMILES string of the molecule is Cc1cc(=O)n(C)c(O)c1[N+](C)(C)C. The molecule has 1 heterocycles. The number of hydrogen-bond acceptors (Lipinski definition) is 2. The molecule has 0 bridgehead atoms. The van der Waals surface area contributed by atoms with Gasteiger partial charge in [-0.05, 0) is 6.92 Å². The van der Waals surface area contributed by atoms with Crippen LogP contribution in [-0.2, 0) is 7.05 Å². The molecule has 0 saturated carbocycles. The molecule has 0 spiro atoms. The highest BCUT2D eigenvalue weighted by molar-refractivity contribution is 5.56. The van der Waals surface area contributed by atoms with E-state index in [2.05, 4.69) is 0 Å². The van der Waals surface area contributed by atoms with Crippen molar-refractivity contribution in [3.63, 3.8) is 0 Å². The summed E-state index contributed by atoms with van der Waals surface area (Å²) in [5, 5.41) is 9.84. The Morgan fingerprint density at radius 2 is 1.86 bits per heavy atom. The maximum atomic E-state index is 11.3. The molecule has 0 radical (unpaired) electrons. The molecule has 1 aromatic heterocycles. The quantitative estimate of drug-likeness (QED) is 0.670. The van der Waals surface area contributed by atoms with Gasteiger partial charge in [-0.2, -0.15) is 0 Å². The molecule has 0 atom stereocenters. The van der Waals surface area contributed by atoms with Crippen LogP contribution >= 0.6 is 0 Å². The van der Waals surface area contributed by atoms with Crippen LogP contribution in [0.2, 0.25) is 0 Å². The van der Waals surface area contributed by atoms with Gasteiger partial charge < -0.3 is 5.11 Å². The van der Waals surface area contributed by atoms with E-state index < -0.39 is 0 Å². The fourth-order valence-corrected chi connectivity index (χ4v) is 1.62. The van der Waals surface area contributed by atoms with Gasteiger partial charge in [-0.1, -0.05) is 0 Å². The fraction of sp³-hybridized carbons (Fsp3) is 0.500. The molecule has 0 unspecified atom stereocenters. The highest BCUT2D eigenvalue weighted by Crippen LogP contribution is 2.30. The molecule has 0 saturated heterocycles. The Morgan fingerprint density at radius 1 is 1.36 bits per heavy atom. The molecule has 0 amide bonds. The van der Waals surface area contributed by atoms with Gasteiger partial charge in [0.2, 0.25) is 0 Å². The van der Waals surface area contributed by atoms with Gasteiger partial charge in [0.1, 0.15) is 0 Å². The van der Waals surface area contributed by atoms with Gasteiger partial charge in [-0.3, -0.25) is 13.8 Å². The first-order chi connectivity index (χ1) is 6.25. The third-order valence-corrected chi connectivity index (χ3v) is 2.24. The Labute approximate surface area is 83.6 Å². The average Bonchev–Trinajstić information content (AvgIpc) is 1.97. The summed E-state index contributed by atoms with van der Waals surface area (Å²) in [5.74, 6) is 0.0440. The minimum absolute atomic E-state index is 0.0440. The first-order valence-corrected chi connectivity index (χ1v) is 4.46. The van der Waals surface area contributed by atoms with E-state index >= 15 is 0 Å². The molecule has 0 aliphatic heterocycles. The number of hydrogen-bond donors (Lipinski definition) is 1. The average molecular weight is 197 g/mol. The summed E-state index contributed by atoms with van der Waals surface area (Å²) in [6, 6.07) is 1.54. The summed E-state index contributed by atoms with van der Waals surface area (Å²) in [6.07, 6.45) is 0. The first kappa shape index (κ1) is 10.8. The number of nitrogens with zero attached hydrogens (tertiary/aromatic N) is 2. The van der Waals surface area contributed by atoms with Crippen LogP contribution in [0.3, 0.4) is 0 Å². The Kier molecular flexibility index (Phi) is 2.41. The van der Waals surface area contributed by atoms with E-state index in [0.29, 0.717) is 4.48 Å². The van der Waals surface area contributed by atoms with Crippen LogP contribution in [-0.4, -0.2) is 30.8 Å². The van der Waals surface area contributed by atoms with Gasteiger partial charge >= 0.3 is 0 Å². The molecular formula is C10H17N2O2+. The van der Waals surface area contributed by atoms with E-state index in [1.54, 1.807) is 13.1 Å². The van der Waals surface area contributed by atoms with Gasteiger partial charge in [0.15, 0.2) is 5.69 Å². The molecule has 0 fully saturated rings. The zero-order valence-electron chi connectivity index (χ0n) is 9.33. The third kappa shape index (κ3) is 1.65. The van der Waals surface area contributed by atoms with Crippen LogP contribution in [0.4, 0.5) is 5.69 Å². The smallest absolute Gasteiger partial charge is 0.257 e. The largest absolute Gasteiger partial charge is 0.490 e. The number of aromatic hydroxyl groups is 1. The van der Waals surface area contributed by atoms with Gasteiger partial charge in [-0.25, -0.2) is 0 Å². The molecule has 1 aromatic rings. The maximum absolute atomic E-state index is 11.3. The van der Waals surface area contributed by atoms with Crippen LogP contribution < -0.4 is 10.0 Å². The molecule has 14 heavy (non-hydrogen) atoms. The standard InChI is InChI=1S/C10H16N2O2/c1-7-6-8(13)11(2)10(14)9(7)12(3,4)5/h6H,1-5H3/p+1. The maximum Gasteiger partial charge on any atom is 0.257 e. The normalized spacial score (nSPS) is 11.8. The minimum Gasteiger partial charge on any atom is -0.490 e. The van der Waals surface area contributed by atoms with Crippen LogP contribution in [0.1, 0.15) is 5.56 Å². The van der Waals surface area contributed by atoms with E-state index in [0.717, 1.165) is 11.3 Å². The van der Waals surface area contributed by atoms with E-state index in [9.17, 15) is 9.90 Å². The summed E-state index contributed by atoms with van der Waals surface area (Å²) in [5.41, 5.74) is 1.41. The summed E-state index contributed by atoms with van der Waals surface area (Å²) >= 11 is 0. The van der Waals surface area contributed by atoms with Gasteiger partial charge in [0.05, 0.1) is 21.1 Å². The van der Waals surface area contributed by atoms with Crippen molar-refractivity contribution in [1.82, 2.24) is 9.05 Å². The Morgan fingerprint density at radius 3 is 2.29 bits per heavy atom. The number of quaternary nitrogens is 1. The minimum atomic E-state index is -0.183. The zero-order valence-corrected chi connectivity index (χ0v) is 9.33. The second-order valence-electron chi connectivity index (χ2n) is 4.41. The lowest BCUT2D eigenvalue weighted by molar-refractivity contribution is 0.388. The van der Waals surface area contributed by atoms with E-state index in [4.69, 9.17) is 0 Å². The fourth-order valence-electron chi connectivity index (χ4n) is 1.62. The van der Waals surface area contributed by atoms with Crippen molar-refractivity contribution in [3.05, 3.63) is 22.0 Å². The first-order valence-electron chi connectivity index (χ1n) is 4.46. The van der Waals surface area contributed by atoms with Crippen molar-refractivity contribution in [2.24, 2.45) is 7.05 Å². The second kappa shape index (κ2) is 3.13. The van der Waals surface area contributed by atoms with Crippen LogP contribution in [0.5, 0.6) is 5.88 Å². The van der Waals surface area contributed by atoms with Crippen LogP contribution in [0.15, 0.2) is 10.9 Å². The van der Waals surface area contributed by atoms with Gasteiger partial charge in [-0.15, -0.1) is 0 Å². The van der Waals surface area contributed by atoms with Crippen molar-refractivity contribution in [3.8, 4) is 5.88 Å². The molecule has 78 valence electrons. The van der Waals surface area contributed by atoms with Crippen LogP contribution in [0.25, 0.3) is 0 Å².